The van der Waals surface area contributed by atoms with Gasteiger partial charge in [-0.2, -0.15) is 5.10 Å². The molecule has 1 fully saturated rings. The summed E-state index contributed by atoms with van der Waals surface area (Å²) in [5, 5.41) is 8.58. The Morgan fingerprint density at radius 1 is 1.36 bits per heavy atom. The molecule has 1 aromatic heterocycles. The third-order valence-electron chi connectivity index (χ3n) is 4.97. The highest BCUT2D eigenvalue weighted by Crippen LogP contribution is 2.34. The second-order valence-corrected chi connectivity index (χ2v) is 6.78. The lowest BCUT2D eigenvalue weighted by Crippen LogP contribution is -2.23. The van der Waals surface area contributed by atoms with Crippen LogP contribution in [0.15, 0.2) is 18.2 Å². The molecule has 3 rings (SSSR count). The fourth-order valence-corrected chi connectivity index (χ4v) is 3.78. The van der Waals surface area contributed by atoms with Gasteiger partial charge in [0.1, 0.15) is 0 Å². The van der Waals surface area contributed by atoms with E-state index in [0.29, 0.717) is 6.04 Å². The summed E-state index contributed by atoms with van der Waals surface area (Å²) < 4.78 is 2.38. The van der Waals surface area contributed by atoms with E-state index in [9.17, 15) is 0 Å². The second kappa shape index (κ2) is 10.3. The molecule has 0 atom stereocenters. The van der Waals surface area contributed by atoms with Crippen LogP contribution in [0.4, 0.5) is 0 Å². The van der Waals surface area contributed by atoms with Crippen LogP contribution in [0.5, 0.6) is 0 Å². The molecular weight excluding hydrogens is 306 g/mol. The van der Waals surface area contributed by atoms with Crippen LogP contribution in [0, 0.1) is 12.3 Å². The highest BCUT2D eigenvalue weighted by Gasteiger charge is 2.26. The van der Waals surface area contributed by atoms with Crippen LogP contribution in [0.25, 0.3) is 5.57 Å². The largest absolute Gasteiger partial charge is 0.312 e. The Balaban J connectivity index is 0.000000701. The van der Waals surface area contributed by atoms with E-state index in [1.165, 1.54) is 54.6 Å². The van der Waals surface area contributed by atoms with E-state index in [-0.39, 0.29) is 0 Å². The minimum absolute atomic E-state index is 0.597. The van der Waals surface area contributed by atoms with Crippen molar-refractivity contribution in [1.29, 1.82) is 0 Å². The van der Waals surface area contributed by atoms with Gasteiger partial charge >= 0.3 is 0 Å². The smallest absolute Gasteiger partial charge is 0.0730 e. The molecule has 3 nitrogen and oxygen atoms in total. The standard InChI is InChI=1S/C19H29N3.C3H4/c1-3-5-9-15(4-2)19-17-14-20-13-12-18(17)21-22(19)16-10-7-6-8-11-16;1-3-2/h4-5,9,16,20H,3,6-8,10-14H2,1-2H3;1H,2H3/b9-5-,15-4+;. The molecule has 0 spiro atoms. The fraction of sp³-hybridized carbons (Fsp3) is 0.591. The first-order valence-electron chi connectivity index (χ1n) is 9.78. The monoisotopic (exact) mass is 339 g/mol. The summed E-state index contributed by atoms with van der Waals surface area (Å²) in [5.41, 5.74) is 5.47. The summed E-state index contributed by atoms with van der Waals surface area (Å²) >= 11 is 0. The molecule has 0 amide bonds. The molecule has 1 aliphatic heterocycles. The predicted octanol–water partition coefficient (Wildman–Crippen LogP) is 5.04. The minimum atomic E-state index is 0.597. The van der Waals surface area contributed by atoms with E-state index in [1.54, 1.807) is 6.92 Å². The summed E-state index contributed by atoms with van der Waals surface area (Å²) in [7, 11) is 0. The van der Waals surface area contributed by atoms with Gasteiger partial charge in [0.2, 0.25) is 0 Å². The van der Waals surface area contributed by atoms with E-state index >= 15 is 0 Å². The van der Waals surface area contributed by atoms with Crippen molar-refractivity contribution in [3.8, 4) is 12.3 Å². The molecule has 0 aromatic carbocycles. The molecule has 1 aliphatic carbocycles. The maximum atomic E-state index is 5.05. The number of aromatic nitrogens is 2. The van der Waals surface area contributed by atoms with Gasteiger partial charge < -0.3 is 5.32 Å². The highest BCUT2D eigenvalue weighted by atomic mass is 15.3. The summed E-state index contributed by atoms with van der Waals surface area (Å²) in [6.45, 7) is 8.02. The van der Waals surface area contributed by atoms with E-state index in [1.807, 2.05) is 0 Å². The van der Waals surface area contributed by atoms with Gasteiger partial charge in [0.25, 0.3) is 0 Å². The molecule has 1 aromatic rings. The van der Waals surface area contributed by atoms with Gasteiger partial charge in [-0.05, 0) is 38.7 Å². The molecule has 0 bridgehead atoms. The molecule has 1 saturated carbocycles. The third kappa shape index (κ3) is 4.86. The van der Waals surface area contributed by atoms with Gasteiger partial charge in [-0.3, -0.25) is 4.68 Å². The van der Waals surface area contributed by atoms with Crippen LogP contribution in [-0.2, 0) is 13.0 Å². The van der Waals surface area contributed by atoms with Crippen LogP contribution in [0.1, 0.15) is 82.3 Å². The van der Waals surface area contributed by atoms with Gasteiger partial charge in [0, 0.05) is 25.1 Å². The Labute approximate surface area is 153 Å². The van der Waals surface area contributed by atoms with Crippen molar-refractivity contribution >= 4 is 5.57 Å². The number of nitrogens with zero attached hydrogens (tertiary/aromatic N) is 2. The summed E-state index contributed by atoms with van der Waals surface area (Å²) in [5.74, 6) is 2.25. The molecule has 2 aliphatic rings. The van der Waals surface area contributed by atoms with Gasteiger partial charge in [0.15, 0.2) is 0 Å². The SMILES string of the molecule is C#CC.C/C=C(\C=C/CC)c1c2c(nn1C1CCCCC1)CCNC2. The Morgan fingerprint density at radius 2 is 2.08 bits per heavy atom. The van der Waals surface area contributed by atoms with Crippen LogP contribution in [0.2, 0.25) is 0 Å². The fourth-order valence-electron chi connectivity index (χ4n) is 3.78. The molecule has 0 saturated heterocycles. The summed E-state index contributed by atoms with van der Waals surface area (Å²) in [6.07, 6.45) is 20.2. The third-order valence-corrected chi connectivity index (χ3v) is 4.97. The Morgan fingerprint density at radius 3 is 2.72 bits per heavy atom. The number of fused-ring (bicyclic) bond motifs is 1. The van der Waals surface area contributed by atoms with E-state index < -0.39 is 0 Å². The molecule has 3 heteroatoms. The van der Waals surface area contributed by atoms with Crippen molar-refractivity contribution in [3.63, 3.8) is 0 Å². The number of nitrogens with one attached hydrogen (secondary N) is 1. The lowest BCUT2D eigenvalue weighted by molar-refractivity contribution is 0.326. The first-order valence-corrected chi connectivity index (χ1v) is 9.78. The quantitative estimate of drug-likeness (QED) is 0.615. The topological polar surface area (TPSA) is 29.9 Å². The Kier molecular flexibility index (Phi) is 8.01. The Hall–Kier alpha value is -1.79. The van der Waals surface area contributed by atoms with Gasteiger partial charge in [0.05, 0.1) is 17.4 Å². The van der Waals surface area contributed by atoms with Gasteiger partial charge in [-0.15, -0.1) is 12.3 Å². The lowest BCUT2D eigenvalue weighted by atomic mass is 9.94. The van der Waals surface area contributed by atoms with Crippen molar-refractivity contribution < 1.29 is 0 Å². The van der Waals surface area contributed by atoms with Crippen molar-refractivity contribution in [2.24, 2.45) is 0 Å². The maximum absolute atomic E-state index is 5.05. The predicted molar refractivity (Wildman–Crippen MR) is 107 cm³/mol. The number of terminal acetylenes is 1. The van der Waals surface area contributed by atoms with Crippen LogP contribution >= 0.6 is 0 Å². The molecule has 25 heavy (non-hydrogen) atoms. The van der Waals surface area contributed by atoms with E-state index in [0.717, 1.165) is 25.9 Å². The average molecular weight is 340 g/mol. The lowest BCUT2D eigenvalue weighted by Gasteiger charge is -2.24. The molecule has 136 valence electrons. The van der Waals surface area contributed by atoms with E-state index in [2.05, 4.69) is 54.4 Å². The zero-order chi connectivity index (χ0) is 18.1. The van der Waals surface area contributed by atoms with E-state index in [4.69, 9.17) is 5.10 Å². The molecular formula is C22H33N3. The molecule has 0 unspecified atom stereocenters. The molecule has 0 radical (unpaired) electrons. The first-order chi connectivity index (χ1) is 12.3. The van der Waals surface area contributed by atoms with Crippen molar-refractivity contribution in [2.75, 3.05) is 6.54 Å². The van der Waals surface area contributed by atoms with Crippen LogP contribution < -0.4 is 5.32 Å². The summed E-state index contributed by atoms with van der Waals surface area (Å²) in [6, 6.07) is 0.597. The van der Waals surface area contributed by atoms with Crippen LogP contribution in [-0.4, -0.2) is 16.3 Å². The molecule has 2 heterocycles. The first kappa shape index (κ1) is 19.5. The second-order valence-electron chi connectivity index (χ2n) is 6.78. The zero-order valence-corrected chi connectivity index (χ0v) is 16.1. The number of rotatable bonds is 4. The average Bonchev–Trinajstić information content (AvgIpc) is 3.04. The Bertz CT molecular complexity index is 637. The number of allylic oxidation sites excluding steroid dienone is 4. The summed E-state index contributed by atoms with van der Waals surface area (Å²) in [4.78, 5) is 0. The van der Waals surface area contributed by atoms with Crippen molar-refractivity contribution in [2.45, 2.75) is 78.3 Å². The van der Waals surface area contributed by atoms with Gasteiger partial charge in [-0.1, -0.05) is 44.4 Å². The minimum Gasteiger partial charge on any atom is -0.312 e. The normalized spacial score (nSPS) is 18.4. The van der Waals surface area contributed by atoms with Gasteiger partial charge in [-0.25, -0.2) is 0 Å². The van der Waals surface area contributed by atoms with Crippen LogP contribution in [0.3, 0.4) is 0 Å². The number of hydrogen-bond acceptors (Lipinski definition) is 2. The highest BCUT2D eigenvalue weighted by molar-refractivity contribution is 5.74. The number of hydrogen-bond donors (Lipinski definition) is 1. The molecule has 1 N–H and O–H groups in total. The maximum Gasteiger partial charge on any atom is 0.0730 e. The van der Waals surface area contributed by atoms with Crippen molar-refractivity contribution in [1.82, 2.24) is 15.1 Å². The zero-order valence-electron chi connectivity index (χ0n) is 16.1. The van der Waals surface area contributed by atoms with Crippen molar-refractivity contribution in [3.05, 3.63) is 35.2 Å².